The van der Waals surface area contributed by atoms with E-state index < -0.39 is 5.97 Å². The second kappa shape index (κ2) is 11.2. The van der Waals surface area contributed by atoms with E-state index in [2.05, 4.69) is 10.1 Å². The summed E-state index contributed by atoms with van der Waals surface area (Å²) in [5.74, 6) is -0.0323. The van der Waals surface area contributed by atoms with Gasteiger partial charge in [-0.05, 0) is 60.0 Å². The van der Waals surface area contributed by atoms with Gasteiger partial charge in [-0.2, -0.15) is 5.10 Å². The lowest BCUT2D eigenvalue weighted by Crippen LogP contribution is -2.23. The number of ether oxygens (including phenoxy) is 2. The van der Waals surface area contributed by atoms with E-state index in [0.29, 0.717) is 35.9 Å². The number of rotatable bonds is 10. The number of imidazole rings is 1. The van der Waals surface area contributed by atoms with Crippen LogP contribution in [-0.4, -0.2) is 44.3 Å². The van der Waals surface area contributed by atoms with Crippen molar-refractivity contribution in [2.24, 2.45) is 0 Å². The summed E-state index contributed by atoms with van der Waals surface area (Å²) in [6, 6.07) is 23.2. The smallest absolute Gasteiger partial charge is 0.335 e. The molecule has 0 unspecified atom stereocenters. The first-order valence-electron chi connectivity index (χ1n) is 12.3. The summed E-state index contributed by atoms with van der Waals surface area (Å²) in [6.45, 7) is 0.801. The van der Waals surface area contributed by atoms with Gasteiger partial charge in [0.25, 0.3) is 5.56 Å². The predicted molar refractivity (Wildman–Crippen MR) is 147 cm³/mol. The number of aryl methyl sites for hydroxylation is 2. The number of para-hydroxylation sites is 2. The van der Waals surface area contributed by atoms with E-state index in [-0.39, 0.29) is 24.5 Å². The lowest BCUT2D eigenvalue weighted by Gasteiger charge is -2.14. The van der Waals surface area contributed by atoms with Gasteiger partial charge in [0.2, 0.25) is 5.95 Å². The number of carbonyl (C=O) groups is 1. The van der Waals surface area contributed by atoms with Gasteiger partial charge in [-0.3, -0.25) is 4.79 Å². The number of nitrogens with zero attached hydrogens (tertiary/aromatic N) is 4. The van der Waals surface area contributed by atoms with E-state index in [4.69, 9.17) is 15.2 Å². The van der Waals surface area contributed by atoms with Gasteiger partial charge >= 0.3 is 5.97 Å². The highest BCUT2D eigenvalue weighted by atomic mass is 16.7. The van der Waals surface area contributed by atoms with E-state index in [1.54, 1.807) is 25.3 Å². The number of hydrogen-bond donors (Lipinski definition) is 2. The first-order chi connectivity index (χ1) is 18.9. The van der Waals surface area contributed by atoms with Crippen LogP contribution in [0.2, 0.25) is 0 Å². The fraction of sp³-hybridized carbons (Fsp3) is 0.172. The summed E-state index contributed by atoms with van der Waals surface area (Å²) in [6.07, 6.45) is 0.442. The van der Waals surface area contributed by atoms with Gasteiger partial charge in [-0.15, -0.1) is 0 Å². The summed E-state index contributed by atoms with van der Waals surface area (Å²) >= 11 is 0. The zero-order valence-corrected chi connectivity index (χ0v) is 21.3. The molecule has 5 rings (SSSR count). The van der Waals surface area contributed by atoms with Crippen molar-refractivity contribution < 1.29 is 19.4 Å². The van der Waals surface area contributed by atoms with Gasteiger partial charge in [-0.25, -0.2) is 14.5 Å². The van der Waals surface area contributed by atoms with Crippen LogP contribution >= 0.6 is 0 Å². The highest BCUT2D eigenvalue weighted by Gasteiger charge is 2.14. The number of aromatic carboxylic acids is 1. The number of nitrogen functional groups attached to an aromatic ring is 1. The molecule has 3 aromatic carbocycles. The Bertz CT molecular complexity index is 1710. The van der Waals surface area contributed by atoms with Gasteiger partial charge < -0.3 is 24.9 Å². The lowest BCUT2D eigenvalue weighted by atomic mass is 10.1. The van der Waals surface area contributed by atoms with Gasteiger partial charge in [0, 0.05) is 25.3 Å². The van der Waals surface area contributed by atoms with Crippen molar-refractivity contribution in [1.29, 1.82) is 0 Å². The highest BCUT2D eigenvalue weighted by Crippen LogP contribution is 2.31. The molecule has 0 spiro atoms. The molecule has 10 heteroatoms. The molecule has 2 aromatic heterocycles. The fourth-order valence-electron chi connectivity index (χ4n) is 4.41. The highest BCUT2D eigenvalue weighted by molar-refractivity contribution is 5.87. The number of fused-ring (bicyclic) bond motifs is 1. The molecule has 0 fully saturated rings. The van der Waals surface area contributed by atoms with Crippen LogP contribution in [0.1, 0.15) is 21.5 Å². The van der Waals surface area contributed by atoms with E-state index in [9.17, 15) is 14.7 Å². The molecule has 10 nitrogen and oxygen atoms in total. The first kappa shape index (κ1) is 25.7. The SMILES string of the molecule is COCOc1ccc(Cn2c(N)nc3ccccc32)cc1-c1ccc(=O)n(CCc2cccc(C(=O)O)c2)n1. The van der Waals surface area contributed by atoms with Crippen molar-refractivity contribution in [2.45, 2.75) is 19.5 Å². The quantitative estimate of drug-likeness (QED) is 0.263. The minimum absolute atomic E-state index is 0.0466. The maximum Gasteiger partial charge on any atom is 0.335 e. The van der Waals surface area contributed by atoms with Crippen LogP contribution in [-0.2, 0) is 24.2 Å². The molecular weight excluding hydrogens is 498 g/mol. The average Bonchev–Trinajstić information content (AvgIpc) is 3.26. The number of hydrogen-bond acceptors (Lipinski definition) is 7. The predicted octanol–water partition coefficient (Wildman–Crippen LogP) is 3.81. The molecule has 198 valence electrons. The van der Waals surface area contributed by atoms with Crippen LogP contribution in [0.15, 0.2) is 83.7 Å². The van der Waals surface area contributed by atoms with Crippen LogP contribution in [0, 0.1) is 0 Å². The van der Waals surface area contributed by atoms with Crippen molar-refractivity contribution >= 4 is 23.0 Å². The summed E-state index contributed by atoms with van der Waals surface area (Å²) < 4.78 is 14.2. The number of anilines is 1. The van der Waals surface area contributed by atoms with E-state index in [1.807, 2.05) is 53.1 Å². The number of carboxylic acid groups (broad SMARTS) is 1. The third-order valence-corrected chi connectivity index (χ3v) is 6.33. The number of aromatic nitrogens is 4. The van der Waals surface area contributed by atoms with Crippen molar-refractivity contribution in [3.8, 4) is 17.0 Å². The second-order valence-electron chi connectivity index (χ2n) is 8.96. The van der Waals surface area contributed by atoms with Crippen LogP contribution in [0.3, 0.4) is 0 Å². The van der Waals surface area contributed by atoms with Crippen molar-refractivity contribution in [3.63, 3.8) is 0 Å². The van der Waals surface area contributed by atoms with E-state index >= 15 is 0 Å². The van der Waals surface area contributed by atoms with Gasteiger partial charge in [-0.1, -0.05) is 30.3 Å². The van der Waals surface area contributed by atoms with Gasteiger partial charge in [0.1, 0.15) is 5.75 Å². The summed E-state index contributed by atoms with van der Waals surface area (Å²) in [4.78, 5) is 28.4. The molecular formula is C29H27N5O5. The standard InChI is InChI=1S/C29H27N5O5/c1-38-18-39-26-11-9-20(17-33-25-8-3-2-7-24(25)31-29(33)30)16-22(26)23-10-12-27(35)34(32-23)14-13-19-5-4-6-21(15-19)28(36)37/h2-12,15-16H,13-14,17-18H2,1H3,(H2,30,31)(H,36,37). The summed E-state index contributed by atoms with van der Waals surface area (Å²) in [5, 5.41) is 13.9. The topological polar surface area (TPSA) is 134 Å². The van der Waals surface area contributed by atoms with Crippen molar-refractivity contribution in [3.05, 3.63) is 106 Å². The molecule has 0 atom stereocenters. The average molecular weight is 526 g/mol. The largest absolute Gasteiger partial charge is 0.478 e. The minimum Gasteiger partial charge on any atom is -0.478 e. The Morgan fingerprint density at radius 1 is 1.00 bits per heavy atom. The molecule has 0 saturated heterocycles. The Kier molecular flexibility index (Phi) is 7.37. The Balaban J connectivity index is 1.47. The molecule has 0 radical (unpaired) electrons. The Hall–Kier alpha value is -4.96. The normalized spacial score (nSPS) is 11.1. The van der Waals surface area contributed by atoms with Gasteiger partial charge in [0.15, 0.2) is 6.79 Å². The Morgan fingerprint density at radius 2 is 1.85 bits per heavy atom. The zero-order valence-electron chi connectivity index (χ0n) is 21.3. The van der Waals surface area contributed by atoms with Gasteiger partial charge in [0.05, 0.1) is 28.8 Å². The van der Waals surface area contributed by atoms with Crippen LogP contribution in [0.4, 0.5) is 5.95 Å². The van der Waals surface area contributed by atoms with Crippen LogP contribution in [0.25, 0.3) is 22.3 Å². The molecule has 3 N–H and O–H groups in total. The maximum atomic E-state index is 12.6. The molecule has 0 bridgehead atoms. The molecule has 5 aromatic rings. The third kappa shape index (κ3) is 5.65. The molecule has 0 aliphatic carbocycles. The first-order valence-corrected chi connectivity index (χ1v) is 12.3. The molecule has 0 amide bonds. The molecule has 39 heavy (non-hydrogen) atoms. The number of carboxylic acids is 1. The van der Waals surface area contributed by atoms with Crippen molar-refractivity contribution in [2.75, 3.05) is 19.6 Å². The van der Waals surface area contributed by atoms with E-state index in [0.717, 1.165) is 22.2 Å². The Morgan fingerprint density at radius 3 is 2.67 bits per heavy atom. The minimum atomic E-state index is -0.997. The zero-order chi connectivity index (χ0) is 27.4. The second-order valence-corrected chi connectivity index (χ2v) is 8.96. The number of methoxy groups -OCH3 is 1. The Labute approximate surface area is 223 Å². The molecule has 0 aliphatic heterocycles. The van der Waals surface area contributed by atoms with Crippen molar-refractivity contribution in [1.82, 2.24) is 19.3 Å². The lowest BCUT2D eigenvalue weighted by molar-refractivity contribution is 0.0515. The summed E-state index contributed by atoms with van der Waals surface area (Å²) in [5.41, 5.74) is 10.9. The molecule has 0 aliphatic rings. The third-order valence-electron chi connectivity index (χ3n) is 6.33. The van der Waals surface area contributed by atoms with E-state index in [1.165, 1.54) is 16.8 Å². The molecule has 2 heterocycles. The number of benzene rings is 3. The monoisotopic (exact) mass is 525 g/mol. The molecule has 0 saturated carbocycles. The fourth-order valence-corrected chi connectivity index (χ4v) is 4.41. The maximum absolute atomic E-state index is 12.6. The van der Waals surface area contributed by atoms with Crippen LogP contribution < -0.4 is 16.0 Å². The summed E-state index contributed by atoms with van der Waals surface area (Å²) in [7, 11) is 1.54. The number of nitrogens with two attached hydrogens (primary N) is 1. The van der Waals surface area contributed by atoms with Crippen LogP contribution in [0.5, 0.6) is 5.75 Å².